The fraction of sp³-hybridized carbons (Fsp3) is 0.789. The first-order valence-electron chi connectivity index (χ1n) is 10.4. The fourth-order valence-corrected chi connectivity index (χ4v) is 5.14. The zero-order valence-corrected chi connectivity index (χ0v) is 19.7. The molecule has 0 unspecified atom stereocenters. The lowest BCUT2D eigenvalue weighted by molar-refractivity contribution is 0.0904. The van der Waals surface area contributed by atoms with Crippen molar-refractivity contribution in [2.75, 3.05) is 51.6 Å². The van der Waals surface area contributed by atoms with Crippen LogP contribution in [0.3, 0.4) is 0 Å². The molecule has 0 radical (unpaired) electrons. The Kier molecular flexibility index (Phi) is 9.81. The van der Waals surface area contributed by atoms with Gasteiger partial charge in [-0.15, -0.1) is 11.3 Å². The molecule has 2 rings (SSSR count). The molecule has 0 aromatic carbocycles. The van der Waals surface area contributed by atoms with E-state index in [9.17, 15) is 8.42 Å². The normalized spacial score (nSPS) is 16.6. The Hall–Kier alpha value is -1.23. The Labute approximate surface area is 179 Å². The van der Waals surface area contributed by atoms with Crippen LogP contribution in [0.15, 0.2) is 11.2 Å². The molecule has 2 heterocycles. The molecule has 1 saturated heterocycles. The number of guanidine groups is 1. The number of aryl methyl sites for hydroxylation is 1. The lowest BCUT2D eigenvalue weighted by Crippen LogP contribution is -2.54. The van der Waals surface area contributed by atoms with Crippen molar-refractivity contribution in [1.29, 1.82) is 0 Å². The van der Waals surface area contributed by atoms with Crippen LogP contribution in [0.4, 0.5) is 0 Å². The van der Waals surface area contributed by atoms with Crippen LogP contribution in [0, 0.1) is 0 Å². The van der Waals surface area contributed by atoms with E-state index < -0.39 is 10.0 Å². The number of aromatic nitrogens is 1. The Morgan fingerprint density at radius 3 is 2.62 bits per heavy atom. The second-order valence-electron chi connectivity index (χ2n) is 7.18. The Morgan fingerprint density at radius 2 is 2.03 bits per heavy atom. The predicted molar refractivity (Wildman–Crippen MR) is 119 cm³/mol. The summed E-state index contributed by atoms with van der Waals surface area (Å²) in [4.78, 5) is 12.6. The summed E-state index contributed by atoms with van der Waals surface area (Å²) in [6, 6.07) is 0. The fourth-order valence-electron chi connectivity index (χ4n) is 3.01. The van der Waals surface area contributed by atoms with E-state index in [4.69, 9.17) is 9.73 Å². The molecule has 1 aliphatic heterocycles. The predicted octanol–water partition coefficient (Wildman–Crippen LogP) is 1.59. The van der Waals surface area contributed by atoms with Gasteiger partial charge in [0.05, 0.1) is 23.5 Å². The molecular formula is C19H35N5O3S2. The molecule has 0 amide bonds. The average molecular weight is 446 g/mol. The smallest absolute Gasteiger partial charge is 0.216 e. The summed E-state index contributed by atoms with van der Waals surface area (Å²) in [5.41, 5.74) is 0. The molecule has 1 fully saturated rings. The van der Waals surface area contributed by atoms with Gasteiger partial charge in [-0.2, -0.15) is 4.31 Å². The lowest BCUT2D eigenvalue weighted by Gasteiger charge is -2.35. The number of hydrogen-bond acceptors (Lipinski definition) is 6. The zero-order chi connectivity index (χ0) is 21.3. The largest absolute Gasteiger partial charge is 0.378 e. The summed E-state index contributed by atoms with van der Waals surface area (Å²) >= 11 is 1.75. The number of sulfonamides is 1. The van der Waals surface area contributed by atoms with Gasteiger partial charge < -0.3 is 15.0 Å². The molecule has 29 heavy (non-hydrogen) atoms. The SMILES string of the molecule is CCNC(=NCCc1ncc(CC)s1)N1CCN(S(=O)(=O)CCOC(C)C)CC1. The molecular weight excluding hydrogens is 410 g/mol. The van der Waals surface area contributed by atoms with Crippen LogP contribution >= 0.6 is 11.3 Å². The van der Waals surface area contributed by atoms with Gasteiger partial charge in [0.2, 0.25) is 10.0 Å². The first-order valence-corrected chi connectivity index (χ1v) is 12.8. The van der Waals surface area contributed by atoms with E-state index in [1.807, 2.05) is 27.0 Å². The first-order chi connectivity index (χ1) is 13.9. The average Bonchev–Trinajstić information content (AvgIpc) is 3.15. The molecule has 0 saturated carbocycles. The molecule has 0 bridgehead atoms. The van der Waals surface area contributed by atoms with Crippen LogP contribution in [0.5, 0.6) is 0 Å². The third-order valence-electron chi connectivity index (χ3n) is 4.60. The van der Waals surface area contributed by atoms with Gasteiger partial charge in [-0.1, -0.05) is 6.92 Å². The zero-order valence-electron chi connectivity index (χ0n) is 18.1. The maximum atomic E-state index is 12.5. The highest BCUT2D eigenvalue weighted by molar-refractivity contribution is 7.89. The molecule has 1 aromatic heterocycles. The number of aliphatic imine (C=N–C) groups is 1. The van der Waals surface area contributed by atoms with Crippen molar-refractivity contribution in [2.45, 2.75) is 46.6 Å². The molecule has 8 nitrogen and oxygen atoms in total. The minimum absolute atomic E-state index is 0.0346. The molecule has 0 spiro atoms. The summed E-state index contributed by atoms with van der Waals surface area (Å²) in [7, 11) is -3.28. The Morgan fingerprint density at radius 1 is 1.31 bits per heavy atom. The van der Waals surface area contributed by atoms with Gasteiger partial charge in [-0.3, -0.25) is 4.99 Å². The number of ether oxygens (including phenoxy) is 1. The highest BCUT2D eigenvalue weighted by Crippen LogP contribution is 2.14. The van der Waals surface area contributed by atoms with Gasteiger partial charge in [-0.25, -0.2) is 13.4 Å². The molecule has 166 valence electrons. The van der Waals surface area contributed by atoms with Gasteiger partial charge in [0.1, 0.15) is 0 Å². The Bertz CT molecular complexity index is 741. The molecule has 0 atom stereocenters. The number of thiazole rings is 1. The van der Waals surface area contributed by atoms with Crippen LogP contribution in [-0.4, -0.2) is 86.3 Å². The minimum Gasteiger partial charge on any atom is -0.378 e. The third-order valence-corrected chi connectivity index (χ3v) is 7.63. The number of nitrogens with zero attached hydrogens (tertiary/aromatic N) is 4. The first kappa shape index (κ1) is 24.0. The third kappa shape index (κ3) is 7.84. The van der Waals surface area contributed by atoms with Crippen molar-refractivity contribution in [2.24, 2.45) is 4.99 Å². The van der Waals surface area contributed by atoms with E-state index in [0.29, 0.717) is 32.7 Å². The summed E-state index contributed by atoms with van der Waals surface area (Å²) in [6.07, 6.45) is 3.82. The van der Waals surface area contributed by atoms with Crippen molar-refractivity contribution in [3.8, 4) is 0 Å². The summed E-state index contributed by atoms with van der Waals surface area (Å²) < 4.78 is 32.0. The standard InChI is InChI=1S/C19H35N5O3S2/c1-5-17-15-22-18(28-17)7-8-21-19(20-6-2)23-9-11-24(12-10-23)29(25,26)14-13-27-16(3)4/h15-16H,5-14H2,1-4H3,(H,20,21). The van der Waals surface area contributed by atoms with Crippen LogP contribution < -0.4 is 5.32 Å². The monoisotopic (exact) mass is 445 g/mol. The number of hydrogen-bond donors (Lipinski definition) is 1. The Balaban J connectivity index is 1.86. The lowest BCUT2D eigenvalue weighted by atomic mass is 10.4. The highest BCUT2D eigenvalue weighted by Gasteiger charge is 2.28. The maximum Gasteiger partial charge on any atom is 0.216 e. The van der Waals surface area contributed by atoms with Gasteiger partial charge in [0.25, 0.3) is 0 Å². The van der Waals surface area contributed by atoms with E-state index in [-0.39, 0.29) is 18.5 Å². The van der Waals surface area contributed by atoms with Crippen molar-refractivity contribution >= 4 is 27.3 Å². The maximum absolute atomic E-state index is 12.5. The van der Waals surface area contributed by atoms with Gasteiger partial charge in [-0.05, 0) is 27.2 Å². The van der Waals surface area contributed by atoms with Gasteiger partial charge in [0.15, 0.2) is 5.96 Å². The molecule has 1 N–H and O–H groups in total. The van der Waals surface area contributed by atoms with Crippen molar-refractivity contribution in [1.82, 2.24) is 19.5 Å². The van der Waals surface area contributed by atoms with Crippen LogP contribution in [0.25, 0.3) is 0 Å². The van der Waals surface area contributed by atoms with E-state index in [2.05, 4.69) is 22.1 Å². The number of nitrogens with one attached hydrogen (secondary N) is 1. The topological polar surface area (TPSA) is 87.1 Å². The minimum atomic E-state index is -3.28. The second-order valence-corrected chi connectivity index (χ2v) is 10.5. The van der Waals surface area contributed by atoms with Gasteiger partial charge >= 0.3 is 0 Å². The van der Waals surface area contributed by atoms with E-state index in [1.165, 1.54) is 4.88 Å². The number of rotatable bonds is 10. The van der Waals surface area contributed by atoms with E-state index in [1.54, 1.807) is 15.6 Å². The number of piperazine rings is 1. The van der Waals surface area contributed by atoms with Crippen LogP contribution in [-0.2, 0) is 27.6 Å². The summed E-state index contributed by atoms with van der Waals surface area (Å²) in [6.45, 7) is 11.9. The molecule has 0 aliphatic carbocycles. The summed E-state index contributed by atoms with van der Waals surface area (Å²) in [5.74, 6) is 0.882. The van der Waals surface area contributed by atoms with Gasteiger partial charge in [0, 0.05) is 56.8 Å². The molecule has 1 aliphatic rings. The van der Waals surface area contributed by atoms with E-state index in [0.717, 1.165) is 30.4 Å². The van der Waals surface area contributed by atoms with Crippen LogP contribution in [0.1, 0.15) is 37.6 Å². The van der Waals surface area contributed by atoms with Crippen LogP contribution in [0.2, 0.25) is 0 Å². The highest BCUT2D eigenvalue weighted by atomic mass is 32.2. The molecule has 1 aromatic rings. The quantitative estimate of drug-likeness (QED) is 0.435. The second kappa shape index (κ2) is 11.8. The van der Waals surface area contributed by atoms with Crippen molar-refractivity contribution in [3.63, 3.8) is 0 Å². The summed E-state index contributed by atoms with van der Waals surface area (Å²) in [5, 5.41) is 4.44. The van der Waals surface area contributed by atoms with Crippen molar-refractivity contribution in [3.05, 3.63) is 16.1 Å². The van der Waals surface area contributed by atoms with Crippen molar-refractivity contribution < 1.29 is 13.2 Å². The van der Waals surface area contributed by atoms with E-state index >= 15 is 0 Å². The molecule has 10 heteroatoms.